The van der Waals surface area contributed by atoms with Gasteiger partial charge in [-0.3, -0.25) is 69.0 Å². The number of aliphatic carboxylic acids is 1. The Hall–Kier alpha value is -11.1. The first kappa shape index (κ1) is 114. The van der Waals surface area contributed by atoms with E-state index in [0.29, 0.717) is 61.3 Å². The maximum atomic E-state index is 13.9. The largest absolute Gasteiger partial charge is 0.479 e. The summed E-state index contributed by atoms with van der Waals surface area (Å²) in [5.41, 5.74) is 4.02. The Kier molecular flexibility index (Phi) is 41.8. The van der Waals surface area contributed by atoms with Gasteiger partial charge < -0.3 is 78.8 Å². The van der Waals surface area contributed by atoms with Crippen LogP contribution in [0.15, 0.2) is 109 Å². The number of ether oxygens (including phenoxy) is 10. The van der Waals surface area contributed by atoms with E-state index in [1.807, 2.05) is 67.6 Å². The molecule has 0 radical (unpaired) electrons. The molecular formula is C92H114Cl6N12O28. The van der Waals surface area contributed by atoms with Crippen LogP contribution in [0.5, 0.6) is 0 Å². The van der Waals surface area contributed by atoms with Crippen molar-refractivity contribution in [3.05, 3.63) is 174 Å². The lowest BCUT2D eigenvalue weighted by Gasteiger charge is -2.35. The molecule has 6 heterocycles. The van der Waals surface area contributed by atoms with E-state index in [0.717, 1.165) is 34.0 Å². The van der Waals surface area contributed by atoms with E-state index >= 15 is 0 Å². The fraction of sp³-hybridized carbons (Fsp3) is 0.500. The molecule has 10 rings (SSSR count). The predicted molar refractivity (Wildman–Crippen MR) is 508 cm³/mol. The molecule has 4 aliphatic rings. The number of esters is 5. The number of carboxylic acids is 1. The molecular weight excluding hydrogens is 1930 g/mol. The quantitative estimate of drug-likeness (QED) is 0.00593. The average Bonchev–Trinajstić information content (AvgIpc) is 0.797. The molecule has 4 aromatic carbocycles. The van der Waals surface area contributed by atoms with Gasteiger partial charge in [0.1, 0.15) is 65.8 Å². The summed E-state index contributed by atoms with van der Waals surface area (Å²) in [7, 11) is 0. The summed E-state index contributed by atoms with van der Waals surface area (Å²) in [5, 5.41) is 56.3. The molecule has 8 N–H and O–H groups in total. The molecule has 138 heavy (non-hydrogen) atoms. The molecule has 752 valence electrons. The second-order valence-electron chi connectivity index (χ2n) is 35.1. The number of halogens is 6. The first-order chi connectivity index (χ1) is 64.4. The molecule has 4 fully saturated rings. The van der Waals surface area contributed by atoms with Crippen molar-refractivity contribution in [1.29, 1.82) is 0 Å². The molecule has 2 unspecified atom stereocenters. The van der Waals surface area contributed by atoms with Crippen molar-refractivity contribution in [2.24, 2.45) is 11.8 Å². The number of hydrogen-bond donors (Lipinski definition) is 8. The lowest BCUT2D eigenvalue weighted by molar-refractivity contribution is -0.385. The van der Waals surface area contributed by atoms with Gasteiger partial charge >= 0.3 is 48.0 Å². The molecule has 2 aromatic heterocycles. The summed E-state index contributed by atoms with van der Waals surface area (Å²) < 4.78 is 50.0. The van der Waals surface area contributed by atoms with Gasteiger partial charge in [-0.25, -0.2) is 39.6 Å². The number of hydrazine groups is 2. The number of carboxylic acid groups (broad SMARTS) is 1. The van der Waals surface area contributed by atoms with Crippen molar-refractivity contribution in [2.45, 2.75) is 215 Å². The monoisotopic (exact) mass is 2040 g/mol. The third kappa shape index (κ3) is 34.7. The lowest BCUT2D eigenvalue weighted by atomic mass is 10.0. The van der Waals surface area contributed by atoms with Gasteiger partial charge in [-0.1, -0.05) is 170 Å². The summed E-state index contributed by atoms with van der Waals surface area (Å²) in [6.45, 7) is 27.6. The van der Waals surface area contributed by atoms with Gasteiger partial charge in [0.15, 0.2) is 6.10 Å². The highest BCUT2D eigenvalue weighted by molar-refractivity contribution is 6.68. The zero-order chi connectivity index (χ0) is 103. The molecule has 0 bridgehead atoms. The third-order valence-corrected chi connectivity index (χ3v) is 21.3. The Morgan fingerprint density at radius 3 is 1.30 bits per heavy atom. The van der Waals surface area contributed by atoms with E-state index in [1.54, 1.807) is 88.3 Å². The number of rotatable bonds is 27. The van der Waals surface area contributed by atoms with Crippen molar-refractivity contribution >= 4 is 187 Å². The Morgan fingerprint density at radius 1 is 0.551 bits per heavy atom. The number of aliphatic hydroxyl groups is 1. The van der Waals surface area contributed by atoms with Crippen LogP contribution >= 0.6 is 69.6 Å². The minimum Gasteiger partial charge on any atom is -0.479 e. The van der Waals surface area contributed by atoms with Crippen LogP contribution in [0, 0.1) is 45.9 Å². The number of nitro groups is 2. The van der Waals surface area contributed by atoms with Crippen molar-refractivity contribution in [3.8, 4) is 0 Å². The molecule has 0 spiro atoms. The van der Waals surface area contributed by atoms with Crippen LogP contribution in [0.2, 0.25) is 0 Å². The highest BCUT2D eigenvalue weighted by Crippen LogP contribution is 2.33. The number of aryl methyl sites for hydroxylation is 2. The minimum atomic E-state index is -1.79. The number of nitrogens with one attached hydrogen (secondary N) is 6. The fourth-order valence-electron chi connectivity index (χ4n) is 13.5. The lowest BCUT2D eigenvalue weighted by Crippen LogP contribution is -2.60. The van der Waals surface area contributed by atoms with Crippen LogP contribution in [0.4, 0.5) is 21.0 Å². The van der Waals surface area contributed by atoms with Crippen LogP contribution in [0.1, 0.15) is 189 Å². The summed E-state index contributed by atoms with van der Waals surface area (Å²) in [6.07, 6.45) is 4.71. The number of aromatic nitrogens is 2. The summed E-state index contributed by atoms with van der Waals surface area (Å²) >= 11 is 33.7. The van der Waals surface area contributed by atoms with Crippen molar-refractivity contribution < 1.29 is 125 Å². The topological polar surface area (TPSA) is 528 Å². The zero-order valence-corrected chi connectivity index (χ0v) is 83.2. The molecule has 0 saturated carbocycles. The number of nitrogens with zero attached hydrogens (tertiary/aromatic N) is 6. The maximum absolute atomic E-state index is 13.9. The van der Waals surface area contributed by atoms with Crippen molar-refractivity contribution in [2.75, 3.05) is 65.9 Å². The van der Waals surface area contributed by atoms with Crippen LogP contribution in [-0.2, 0) is 85.7 Å². The van der Waals surface area contributed by atoms with E-state index < -0.39 is 184 Å². The number of aliphatic hydroxyl groups excluding tert-OH is 1. The molecule has 40 nitrogen and oxygen atoms in total. The molecule has 10 atom stereocenters. The van der Waals surface area contributed by atoms with Gasteiger partial charge in [0.05, 0.1) is 84.0 Å². The minimum absolute atomic E-state index is 0.0390. The van der Waals surface area contributed by atoms with Crippen LogP contribution < -0.4 is 32.1 Å². The van der Waals surface area contributed by atoms with Gasteiger partial charge in [-0.05, 0) is 179 Å². The third-order valence-electron chi connectivity index (χ3n) is 20.6. The summed E-state index contributed by atoms with van der Waals surface area (Å²) in [6, 6.07) is 22.2. The highest BCUT2D eigenvalue weighted by atomic mass is 35.6. The van der Waals surface area contributed by atoms with Gasteiger partial charge in [0.2, 0.25) is 24.7 Å². The maximum Gasteiger partial charge on any atom is 0.408 e. The average molecular weight is 2050 g/mol. The molecule has 4 saturated heterocycles. The number of pyridine rings is 2. The van der Waals surface area contributed by atoms with E-state index in [-0.39, 0.29) is 73.8 Å². The van der Waals surface area contributed by atoms with E-state index in [1.165, 1.54) is 74.1 Å². The number of nitro benzene ring substituents is 2. The number of carbonyl (C=O) groups excluding carboxylic acids is 11. The normalized spacial score (nSPS) is 18.8. The SMILES string of the molecule is CC(C)[C@H](O)C(=O)N[C@@H](C)C(=O)N1CCC[C@@H](C(=O)OCC(Cl)(Cl)Cl)N1.CC(C)[C@H](OC(=O)C1(/C=C/c2ccc3ccc([C@@H](C)NC(=O)OC(C)(C)C)nc3c2)COCCO1)C(=O)N[C@@H](C)C(=O)N1CCC[C@@H](C(=O)OCC(Cl)(Cl)Cl)N1.C[C@@H](NC(=O)OC(C)(C)C)c1ccc2ccc(/C=C/C3(C(=O)O)COCCO3)cc2n1.Cc1cccc([N+](=O)[O-])c1C(=O)OC(=O)c1c(C)cccc1[N+](=O)[O-]. The first-order valence-corrected chi connectivity index (χ1v) is 45.9. The molecule has 0 aliphatic carbocycles. The molecule has 6 amide bonds. The number of fused-ring (bicyclic) bond motifs is 2. The standard InChI is InChI=1S/C38H50Cl3N5O10.C23H28N2O6.C16H12N2O7.C15H24Cl3N3O5/c1-22(2)30(31(47)42-24(4)32(48)46-16-8-9-28(45-46)33(49)53-21-38(39,40)41)55-34(50)37(20-52-17-18-54-37)15-14-25-10-11-26-12-13-27(44-29(26)19-25)23(3)43-35(51)56-36(5,6)7;1-15(24-21(28)31-22(2,3)4)18-8-7-17-6-5-16(13-19(17)25-18)9-10-23(20(26)27)14-29-11-12-30-23;1-9-5-3-7-11(17(21)22)13(9)15(19)25-16(20)14-10(2)6-4-8-12(14)18(23)24;1-8(2)11(22)12(23)19-9(3)13(24)21-6-4-5-10(20-21)14(25)26-7-15(16,17)18/h10-15,19,22-24,28,30,45H,8-9,16-18,20-21H2,1-7H3,(H,42,47)(H,43,51);5-10,13,15H,11-12,14H2,1-4H3,(H,24,28)(H,26,27);3-8H,1-2H3;8-11,20,22H,4-7H2,1-3H3,(H,19,23)/b15-14+;10-9+;;/t23-,24+,28+,30+,37?;15-,23?;;9-,10-,11-/m11.0/s1. The highest BCUT2D eigenvalue weighted by Gasteiger charge is 2.46. The van der Waals surface area contributed by atoms with Crippen LogP contribution in [0.3, 0.4) is 0 Å². The number of hydrogen-bond acceptors (Lipinski definition) is 31. The summed E-state index contributed by atoms with van der Waals surface area (Å²) in [5.74, 6) is -8.82. The van der Waals surface area contributed by atoms with Gasteiger partial charge in [0.25, 0.3) is 29.1 Å². The fourth-order valence-corrected chi connectivity index (χ4v) is 13.8. The second kappa shape index (κ2) is 50.6. The first-order valence-electron chi connectivity index (χ1n) is 43.6. The van der Waals surface area contributed by atoms with Crippen LogP contribution in [-0.4, -0.2) is 244 Å². The second-order valence-corrected chi connectivity index (χ2v) is 40.1. The number of alkyl carbamates (subject to hydrolysis) is 2. The number of amides is 6. The predicted octanol–water partition coefficient (Wildman–Crippen LogP) is 12.8. The van der Waals surface area contributed by atoms with Gasteiger partial charge in [-0.15, -0.1) is 0 Å². The Bertz CT molecular complexity index is 5380. The van der Waals surface area contributed by atoms with E-state index in [4.69, 9.17) is 117 Å². The number of alkyl halides is 6. The molecule has 6 aromatic rings. The Morgan fingerprint density at radius 2 is 0.942 bits per heavy atom. The molecule has 46 heteroatoms. The van der Waals surface area contributed by atoms with Crippen LogP contribution in [0.25, 0.3) is 34.0 Å². The Balaban J connectivity index is 0.000000268. The Labute approximate surface area is 825 Å². The van der Waals surface area contributed by atoms with Gasteiger partial charge in [0, 0.05) is 36.0 Å². The number of carbonyl (C=O) groups is 12. The van der Waals surface area contributed by atoms with E-state index in [2.05, 4.69) is 41.8 Å². The molecule has 4 aliphatic heterocycles. The van der Waals surface area contributed by atoms with Gasteiger partial charge in [-0.2, -0.15) is 0 Å². The summed E-state index contributed by atoms with van der Waals surface area (Å²) in [4.78, 5) is 180. The van der Waals surface area contributed by atoms with Crippen molar-refractivity contribution in [1.82, 2.24) is 52.1 Å². The number of benzene rings is 4. The van der Waals surface area contributed by atoms with Crippen molar-refractivity contribution in [3.63, 3.8) is 0 Å². The zero-order valence-electron chi connectivity index (χ0n) is 78.7. The smallest absolute Gasteiger partial charge is 0.408 e. The van der Waals surface area contributed by atoms with E-state index in [9.17, 15) is 88.0 Å².